The Morgan fingerprint density at radius 3 is 3.00 bits per heavy atom. The standard InChI is InChI=1S/C10H12N4OS/c1-6(15)5-16-10-3-8(13-14-10)9-4-11-7(2)12-9/h4H,3,5H2,1-2H3,(H,11,12). The van der Waals surface area contributed by atoms with Crippen LogP contribution in [-0.2, 0) is 4.79 Å². The molecule has 1 aliphatic rings. The van der Waals surface area contributed by atoms with E-state index >= 15 is 0 Å². The minimum Gasteiger partial charge on any atom is -0.341 e. The van der Waals surface area contributed by atoms with E-state index in [1.807, 2.05) is 6.92 Å². The number of H-pyrrole nitrogens is 1. The number of aryl methyl sites for hydroxylation is 1. The average Bonchev–Trinajstić information content (AvgIpc) is 2.83. The number of nitrogens with zero attached hydrogens (tertiary/aromatic N) is 3. The molecule has 84 valence electrons. The lowest BCUT2D eigenvalue weighted by Crippen LogP contribution is -2.04. The van der Waals surface area contributed by atoms with Crippen molar-refractivity contribution in [3.8, 4) is 0 Å². The van der Waals surface area contributed by atoms with Crippen LogP contribution in [0, 0.1) is 6.92 Å². The maximum absolute atomic E-state index is 10.8. The molecule has 2 heterocycles. The molecule has 1 aliphatic heterocycles. The van der Waals surface area contributed by atoms with Crippen molar-refractivity contribution < 1.29 is 4.79 Å². The van der Waals surface area contributed by atoms with E-state index in [0.29, 0.717) is 12.2 Å². The summed E-state index contributed by atoms with van der Waals surface area (Å²) < 4.78 is 0. The van der Waals surface area contributed by atoms with E-state index in [2.05, 4.69) is 20.2 Å². The number of thioether (sulfide) groups is 1. The molecule has 0 spiro atoms. The molecule has 0 aliphatic carbocycles. The first-order valence-corrected chi connectivity index (χ1v) is 5.91. The number of rotatable bonds is 3. The van der Waals surface area contributed by atoms with Gasteiger partial charge in [0.15, 0.2) is 0 Å². The molecule has 2 rings (SSSR count). The van der Waals surface area contributed by atoms with Crippen LogP contribution in [0.5, 0.6) is 0 Å². The Morgan fingerprint density at radius 1 is 1.56 bits per heavy atom. The van der Waals surface area contributed by atoms with Crippen LogP contribution >= 0.6 is 11.8 Å². The third-order valence-electron chi connectivity index (χ3n) is 2.06. The second kappa shape index (κ2) is 4.61. The molecule has 16 heavy (non-hydrogen) atoms. The van der Waals surface area contributed by atoms with Gasteiger partial charge in [-0.1, -0.05) is 0 Å². The number of carbonyl (C=O) groups is 1. The Kier molecular flexibility index (Phi) is 3.19. The molecule has 1 aromatic rings. The molecule has 1 N–H and O–H groups in total. The summed E-state index contributed by atoms with van der Waals surface area (Å²) in [6.07, 6.45) is 2.43. The van der Waals surface area contributed by atoms with Gasteiger partial charge in [-0.05, 0) is 13.8 Å². The van der Waals surface area contributed by atoms with Crippen LogP contribution in [0.2, 0.25) is 0 Å². The molecule has 0 atom stereocenters. The molecule has 0 fully saturated rings. The van der Waals surface area contributed by atoms with Gasteiger partial charge in [-0.3, -0.25) is 4.79 Å². The average molecular weight is 236 g/mol. The van der Waals surface area contributed by atoms with Gasteiger partial charge in [0.05, 0.1) is 23.4 Å². The molecular formula is C10H12N4OS. The maximum atomic E-state index is 10.8. The fraction of sp³-hybridized carbons (Fsp3) is 0.400. The van der Waals surface area contributed by atoms with E-state index in [1.54, 1.807) is 13.1 Å². The third-order valence-corrected chi connectivity index (χ3v) is 3.17. The van der Waals surface area contributed by atoms with Crippen molar-refractivity contribution >= 4 is 28.3 Å². The molecule has 0 radical (unpaired) electrons. The minimum atomic E-state index is 0.151. The normalized spacial score (nSPS) is 14.9. The van der Waals surface area contributed by atoms with Gasteiger partial charge in [0.1, 0.15) is 16.7 Å². The summed E-state index contributed by atoms with van der Waals surface area (Å²) in [6.45, 7) is 3.47. The van der Waals surface area contributed by atoms with Crippen molar-refractivity contribution in [3.05, 3.63) is 17.7 Å². The van der Waals surface area contributed by atoms with Gasteiger partial charge < -0.3 is 4.98 Å². The monoisotopic (exact) mass is 236 g/mol. The highest BCUT2D eigenvalue weighted by Gasteiger charge is 2.16. The zero-order valence-corrected chi connectivity index (χ0v) is 9.97. The number of Topliss-reactive ketones (excluding diaryl/α,β-unsaturated/α-hetero) is 1. The Labute approximate surface area is 97.5 Å². The van der Waals surface area contributed by atoms with Crippen LogP contribution in [0.15, 0.2) is 16.4 Å². The molecule has 0 saturated carbocycles. The smallest absolute Gasteiger partial charge is 0.140 e. The Bertz CT molecular complexity index is 475. The number of aromatic amines is 1. The first-order chi connectivity index (χ1) is 7.65. The lowest BCUT2D eigenvalue weighted by atomic mass is 10.2. The number of ketones is 1. The predicted molar refractivity (Wildman–Crippen MR) is 65.1 cm³/mol. The second-order valence-corrected chi connectivity index (χ2v) is 4.64. The van der Waals surface area contributed by atoms with E-state index in [1.165, 1.54) is 11.8 Å². The first-order valence-electron chi connectivity index (χ1n) is 4.93. The highest BCUT2D eigenvalue weighted by atomic mass is 32.2. The minimum absolute atomic E-state index is 0.151. The van der Waals surface area contributed by atoms with Crippen LogP contribution in [0.3, 0.4) is 0 Å². The fourth-order valence-corrected chi connectivity index (χ4v) is 2.02. The summed E-state index contributed by atoms with van der Waals surface area (Å²) in [5.74, 6) is 1.48. The van der Waals surface area contributed by atoms with Gasteiger partial charge in [0.2, 0.25) is 0 Å². The van der Waals surface area contributed by atoms with E-state index < -0.39 is 0 Å². The van der Waals surface area contributed by atoms with Crippen molar-refractivity contribution in [3.63, 3.8) is 0 Å². The SMILES string of the molecule is CC(=O)CSC1=NN=C(c2cnc(C)[nH]2)C1. The summed E-state index contributed by atoms with van der Waals surface area (Å²) in [6, 6.07) is 0. The van der Waals surface area contributed by atoms with E-state index in [0.717, 1.165) is 22.3 Å². The maximum Gasteiger partial charge on any atom is 0.140 e. The van der Waals surface area contributed by atoms with Gasteiger partial charge in [0, 0.05) is 6.42 Å². The van der Waals surface area contributed by atoms with Gasteiger partial charge in [-0.2, -0.15) is 5.10 Å². The Morgan fingerprint density at radius 2 is 2.38 bits per heavy atom. The van der Waals surface area contributed by atoms with Crippen LogP contribution in [0.4, 0.5) is 0 Å². The zero-order chi connectivity index (χ0) is 11.5. The van der Waals surface area contributed by atoms with Crippen molar-refractivity contribution in [1.29, 1.82) is 0 Å². The predicted octanol–water partition coefficient (Wildman–Crippen LogP) is 1.55. The highest BCUT2D eigenvalue weighted by Crippen LogP contribution is 2.17. The molecule has 5 nitrogen and oxygen atoms in total. The third kappa shape index (κ3) is 2.57. The number of hydrogen-bond donors (Lipinski definition) is 1. The topological polar surface area (TPSA) is 70.5 Å². The van der Waals surface area contributed by atoms with Crippen LogP contribution < -0.4 is 0 Å². The largest absolute Gasteiger partial charge is 0.341 e. The lowest BCUT2D eigenvalue weighted by molar-refractivity contribution is -0.114. The molecule has 6 heteroatoms. The van der Waals surface area contributed by atoms with Crippen LogP contribution in [0.1, 0.15) is 24.9 Å². The number of hydrogen-bond acceptors (Lipinski definition) is 5. The van der Waals surface area contributed by atoms with Crippen LogP contribution in [0.25, 0.3) is 0 Å². The Balaban J connectivity index is 1.93. The highest BCUT2D eigenvalue weighted by molar-refractivity contribution is 8.14. The zero-order valence-electron chi connectivity index (χ0n) is 9.15. The molecule has 0 amide bonds. The lowest BCUT2D eigenvalue weighted by Gasteiger charge is -1.97. The van der Waals surface area contributed by atoms with Gasteiger partial charge in [0.25, 0.3) is 0 Å². The van der Waals surface area contributed by atoms with Crippen molar-refractivity contribution in [2.75, 3.05) is 5.75 Å². The van der Waals surface area contributed by atoms with E-state index in [-0.39, 0.29) is 5.78 Å². The molecule has 0 saturated heterocycles. The first kappa shape index (κ1) is 11.1. The van der Waals surface area contributed by atoms with Gasteiger partial charge in [-0.25, -0.2) is 4.98 Å². The van der Waals surface area contributed by atoms with Crippen molar-refractivity contribution in [2.45, 2.75) is 20.3 Å². The van der Waals surface area contributed by atoms with Crippen molar-refractivity contribution in [1.82, 2.24) is 9.97 Å². The van der Waals surface area contributed by atoms with Crippen molar-refractivity contribution in [2.24, 2.45) is 10.2 Å². The van der Waals surface area contributed by atoms with E-state index in [4.69, 9.17) is 0 Å². The molecule has 0 unspecified atom stereocenters. The molecular weight excluding hydrogens is 224 g/mol. The Hall–Kier alpha value is -1.43. The van der Waals surface area contributed by atoms with Gasteiger partial charge in [-0.15, -0.1) is 16.9 Å². The molecule has 0 aromatic carbocycles. The summed E-state index contributed by atoms with van der Waals surface area (Å²) in [4.78, 5) is 18.1. The summed E-state index contributed by atoms with van der Waals surface area (Å²) in [7, 11) is 0. The number of aromatic nitrogens is 2. The number of nitrogens with one attached hydrogen (secondary N) is 1. The molecule has 0 bridgehead atoms. The quantitative estimate of drug-likeness (QED) is 0.865. The number of imidazole rings is 1. The fourth-order valence-electron chi connectivity index (χ4n) is 1.31. The second-order valence-electron chi connectivity index (χ2n) is 3.59. The summed E-state index contributed by atoms with van der Waals surface area (Å²) in [5.41, 5.74) is 1.78. The summed E-state index contributed by atoms with van der Waals surface area (Å²) >= 11 is 1.45. The molecule has 1 aromatic heterocycles. The van der Waals surface area contributed by atoms with E-state index in [9.17, 15) is 4.79 Å². The summed E-state index contributed by atoms with van der Waals surface area (Å²) in [5, 5.41) is 9.01. The van der Waals surface area contributed by atoms with Crippen LogP contribution in [-0.4, -0.2) is 32.3 Å². The number of carbonyl (C=O) groups excluding carboxylic acids is 1. The van der Waals surface area contributed by atoms with Gasteiger partial charge >= 0.3 is 0 Å².